The monoisotopic (exact) mass is 320 g/mol. The number of nitrogens with zero attached hydrogens (tertiary/aromatic N) is 1. The highest BCUT2D eigenvalue weighted by Crippen LogP contribution is 2.35. The van der Waals surface area contributed by atoms with E-state index >= 15 is 0 Å². The van der Waals surface area contributed by atoms with E-state index < -0.39 is 0 Å². The molecule has 1 unspecified atom stereocenters. The van der Waals surface area contributed by atoms with Gasteiger partial charge in [-0.1, -0.05) is 6.92 Å². The smallest absolute Gasteiger partial charge is 0.116 e. The number of thiophene rings is 1. The molecule has 1 aliphatic carbocycles. The van der Waals surface area contributed by atoms with Crippen LogP contribution < -0.4 is 5.32 Å². The first-order chi connectivity index (χ1) is 10.2. The Kier molecular flexibility index (Phi) is 4.77. The fourth-order valence-corrected chi connectivity index (χ4v) is 5.17. The number of hydrogen-bond acceptors (Lipinski definition) is 4. The Morgan fingerprint density at radius 1 is 1.19 bits per heavy atom. The molecule has 2 aromatic heterocycles. The van der Waals surface area contributed by atoms with Gasteiger partial charge >= 0.3 is 0 Å². The number of fused-ring (bicyclic) bond motifs is 1. The molecule has 0 saturated carbocycles. The molecule has 4 heteroatoms. The third kappa shape index (κ3) is 3.38. The van der Waals surface area contributed by atoms with Gasteiger partial charge in [-0.3, -0.25) is 0 Å². The predicted molar refractivity (Wildman–Crippen MR) is 92.6 cm³/mol. The summed E-state index contributed by atoms with van der Waals surface area (Å²) >= 11 is 3.86. The summed E-state index contributed by atoms with van der Waals surface area (Å²) in [7, 11) is 0. The zero-order chi connectivity index (χ0) is 14.8. The van der Waals surface area contributed by atoms with E-state index in [1.165, 1.54) is 51.0 Å². The molecule has 1 aliphatic rings. The van der Waals surface area contributed by atoms with Crippen molar-refractivity contribution in [2.45, 2.75) is 65.0 Å². The second kappa shape index (κ2) is 6.59. The maximum atomic E-state index is 4.98. The Bertz CT molecular complexity index is 574. The first-order valence-electron chi connectivity index (χ1n) is 8.00. The van der Waals surface area contributed by atoms with Gasteiger partial charge in [-0.05, 0) is 58.1 Å². The molecule has 0 saturated heterocycles. The van der Waals surface area contributed by atoms with Crippen molar-refractivity contribution in [3.8, 4) is 0 Å². The van der Waals surface area contributed by atoms with Crippen LogP contribution in [0.5, 0.6) is 0 Å². The highest BCUT2D eigenvalue weighted by Gasteiger charge is 2.24. The van der Waals surface area contributed by atoms with E-state index in [-0.39, 0.29) is 6.04 Å². The molecule has 3 rings (SSSR count). The average Bonchev–Trinajstić information content (AvgIpc) is 3.10. The molecule has 0 fully saturated rings. The van der Waals surface area contributed by atoms with E-state index in [1.54, 1.807) is 0 Å². The minimum atomic E-state index is 0.269. The quantitative estimate of drug-likeness (QED) is 0.861. The van der Waals surface area contributed by atoms with E-state index in [4.69, 9.17) is 4.98 Å². The number of thiazole rings is 1. The third-order valence-electron chi connectivity index (χ3n) is 3.92. The molecule has 21 heavy (non-hydrogen) atoms. The van der Waals surface area contributed by atoms with Gasteiger partial charge in [0.05, 0.1) is 11.7 Å². The summed E-state index contributed by atoms with van der Waals surface area (Å²) in [4.78, 5) is 9.37. The molecular formula is C17H24N2S2. The number of rotatable bonds is 5. The van der Waals surface area contributed by atoms with Crippen LogP contribution in [0.15, 0.2) is 12.1 Å². The average molecular weight is 321 g/mol. The number of aryl methyl sites for hydroxylation is 3. The fourth-order valence-electron chi connectivity index (χ4n) is 2.84. The molecule has 0 aromatic carbocycles. The van der Waals surface area contributed by atoms with Crippen LogP contribution in [0, 0.1) is 0 Å². The van der Waals surface area contributed by atoms with Crippen molar-refractivity contribution in [1.29, 1.82) is 0 Å². The van der Waals surface area contributed by atoms with Gasteiger partial charge in [0.1, 0.15) is 5.01 Å². The Morgan fingerprint density at radius 3 is 2.67 bits per heavy atom. The molecular weight excluding hydrogens is 296 g/mol. The van der Waals surface area contributed by atoms with Gasteiger partial charge in [0.25, 0.3) is 0 Å². The molecule has 1 atom stereocenters. The summed E-state index contributed by atoms with van der Waals surface area (Å²) in [6.07, 6.45) is 6.15. The molecule has 0 aliphatic heterocycles. The molecule has 0 amide bonds. The molecule has 0 spiro atoms. The topological polar surface area (TPSA) is 24.9 Å². The Balaban J connectivity index is 1.92. The summed E-state index contributed by atoms with van der Waals surface area (Å²) in [5.41, 5.74) is 1.36. The van der Waals surface area contributed by atoms with Crippen molar-refractivity contribution in [1.82, 2.24) is 10.3 Å². The van der Waals surface area contributed by atoms with Gasteiger partial charge in [-0.25, -0.2) is 4.98 Å². The second-order valence-electron chi connectivity index (χ2n) is 6.04. The van der Waals surface area contributed by atoms with Crippen molar-refractivity contribution in [2.24, 2.45) is 0 Å². The minimum absolute atomic E-state index is 0.269. The zero-order valence-corrected chi connectivity index (χ0v) is 14.7. The number of nitrogens with one attached hydrogen (secondary N) is 1. The minimum Gasteiger partial charge on any atom is -0.301 e. The van der Waals surface area contributed by atoms with E-state index in [0.717, 1.165) is 6.42 Å². The van der Waals surface area contributed by atoms with Crippen LogP contribution in [0.3, 0.4) is 0 Å². The van der Waals surface area contributed by atoms with Gasteiger partial charge in [-0.15, -0.1) is 22.7 Å². The van der Waals surface area contributed by atoms with Crippen molar-refractivity contribution < 1.29 is 0 Å². The summed E-state index contributed by atoms with van der Waals surface area (Å²) < 4.78 is 0. The summed E-state index contributed by atoms with van der Waals surface area (Å²) in [5.74, 6) is 0. The number of hydrogen-bond donors (Lipinski definition) is 1. The molecule has 0 bridgehead atoms. The lowest BCUT2D eigenvalue weighted by molar-refractivity contribution is 0.531. The van der Waals surface area contributed by atoms with Gasteiger partial charge in [0.15, 0.2) is 0 Å². The predicted octanol–water partition coefficient (Wildman–Crippen LogP) is 4.73. The largest absolute Gasteiger partial charge is 0.301 e. The van der Waals surface area contributed by atoms with Gasteiger partial charge < -0.3 is 5.32 Å². The highest BCUT2D eigenvalue weighted by atomic mass is 32.1. The van der Waals surface area contributed by atoms with Crippen LogP contribution in [0.1, 0.15) is 65.0 Å². The molecule has 2 nitrogen and oxygen atoms in total. The summed E-state index contributed by atoms with van der Waals surface area (Å²) in [6.45, 7) is 6.66. The van der Waals surface area contributed by atoms with E-state index in [1.807, 2.05) is 22.7 Å². The van der Waals surface area contributed by atoms with Crippen molar-refractivity contribution in [3.63, 3.8) is 0 Å². The Morgan fingerprint density at radius 2 is 2.00 bits per heavy atom. The van der Waals surface area contributed by atoms with Crippen LogP contribution in [0.4, 0.5) is 0 Å². The first kappa shape index (κ1) is 15.2. The maximum Gasteiger partial charge on any atom is 0.116 e. The van der Waals surface area contributed by atoms with E-state index in [2.05, 4.69) is 38.2 Å². The van der Waals surface area contributed by atoms with E-state index in [0.29, 0.717) is 6.04 Å². The first-order valence-corrected chi connectivity index (χ1v) is 9.63. The lowest BCUT2D eigenvalue weighted by atomic mass is 10.0. The van der Waals surface area contributed by atoms with Gasteiger partial charge in [0, 0.05) is 20.7 Å². The fraction of sp³-hybridized carbons (Fsp3) is 0.588. The molecule has 2 heterocycles. The SMILES string of the molecule is CCc1ccc(C(NC(C)C)c2nc3c(s2)CCCC3)s1. The van der Waals surface area contributed by atoms with Crippen molar-refractivity contribution in [3.05, 3.63) is 37.5 Å². The van der Waals surface area contributed by atoms with E-state index in [9.17, 15) is 0 Å². The molecule has 114 valence electrons. The number of aromatic nitrogens is 1. The van der Waals surface area contributed by atoms with Crippen LogP contribution in [-0.4, -0.2) is 11.0 Å². The second-order valence-corrected chi connectivity index (χ2v) is 8.36. The molecule has 2 aromatic rings. The van der Waals surface area contributed by atoms with Crippen LogP contribution in [0.25, 0.3) is 0 Å². The van der Waals surface area contributed by atoms with Gasteiger partial charge in [-0.2, -0.15) is 0 Å². The molecule has 1 N–H and O–H groups in total. The Labute approximate surface area is 135 Å². The standard InChI is InChI=1S/C17H24N2S2/c1-4-12-9-10-15(20-12)16(18-11(2)3)17-19-13-7-5-6-8-14(13)21-17/h9-11,16,18H,4-8H2,1-3H3. The normalized spacial score (nSPS) is 16.2. The third-order valence-corrected chi connectivity index (χ3v) is 6.44. The summed E-state index contributed by atoms with van der Waals surface area (Å²) in [6, 6.07) is 5.28. The summed E-state index contributed by atoms with van der Waals surface area (Å²) in [5, 5.41) is 4.98. The van der Waals surface area contributed by atoms with Crippen molar-refractivity contribution >= 4 is 22.7 Å². The van der Waals surface area contributed by atoms with Gasteiger partial charge in [0.2, 0.25) is 0 Å². The lowest BCUT2D eigenvalue weighted by Crippen LogP contribution is -2.28. The maximum absolute atomic E-state index is 4.98. The van der Waals surface area contributed by atoms with Crippen molar-refractivity contribution in [2.75, 3.05) is 0 Å². The van der Waals surface area contributed by atoms with Crippen LogP contribution in [0.2, 0.25) is 0 Å². The zero-order valence-electron chi connectivity index (χ0n) is 13.1. The highest BCUT2D eigenvalue weighted by molar-refractivity contribution is 7.13. The Hall–Kier alpha value is -0.710. The lowest BCUT2D eigenvalue weighted by Gasteiger charge is -2.18. The van der Waals surface area contributed by atoms with Crippen LogP contribution >= 0.6 is 22.7 Å². The molecule has 0 radical (unpaired) electrons. The van der Waals surface area contributed by atoms with Crippen LogP contribution in [-0.2, 0) is 19.3 Å².